The Balaban J connectivity index is 1.97. The van der Waals surface area contributed by atoms with Crippen LogP contribution in [-0.4, -0.2) is 29.5 Å². The zero-order chi connectivity index (χ0) is 14.1. The Kier molecular flexibility index (Phi) is 3.27. The first-order chi connectivity index (χ1) is 9.61. The molecule has 0 aliphatic heterocycles. The smallest absolute Gasteiger partial charge is 0.253 e. The van der Waals surface area contributed by atoms with Crippen molar-refractivity contribution in [1.29, 1.82) is 0 Å². The number of fused-ring (bicyclic) bond motifs is 1. The predicted octanol–water partition coefficient (Wildman–Crippen LogP) is 2.46. The lowest BCUT2D eigenvalue weighted by Crippen LogP contribution is -1.97. The molecular formula is C13H11BrN6. The highest BCUT2D eigenvalue weighted by molar-refractivity contribution is 9.10. The normalized spacial score (nSPS) is 11.6. The van der Waals surface area contributed by atoms with E-state index in [1.807, 2.05) is 26.0 Å². The van der Waals surface area contributed by atoms with Crippen LogP contribution in [0, 0.1) is 13.8 Å². The van der Waals surface area contributed by atoms with Gasteiger partial charge in [-0.05, 0) is 48.0 Å². The van der Waals surface area contributed by atoms with Gasteiger partial charge in [-0.1, -0.05) is 0 Å². The maximum absolute atomic E-state index is 4.39. The van der Waals surface area contributed by atoms with E-state index in [4.69, 9.17) is 0 Å². The summed E-state index contributed by atoms with van der Waals surface area (Å²) in [6.07, 6.45) is 6.91. The molecule has 0 atom stereocenters. The average Bonchev–Trinajstić information content (AvgIpc) is 2.80. The molecule has 0 unspecified atom stereocenters. The van der Waals surface area contributed by atoms with E-state index >= 15 is 0 Å². The number of hydrogen-bond donors (Lipinski definition) is 0. The lowest BCUT2D eigenvalue weighted by molar-refractivity contribution is 0.881. The second kappa shape index (κ2) is 5.09. The third kappa shape index (κ3) is 2.57. The summed E-state index contributed by atoms with van der Waals surface area (Å²) in [6, 6.07) is 1.97. The molecule has 0 spiro atoms. The highest BCUT2D eigenvalue weighted by Gasteiger charge is 2.05. The van der Waals surface area contributed by atoms with Crippen LogP contribution in [0.4, 0.5) is 0 Å². The summed E-state index contributed by atoms with van der Waals surface area (Å²) in [5.41, 5.74) is 2.66. The van der Waals surface area contributed by atoms with Crippen LogP contribution in [0.5, 0.6) is 0 Å². The van der Waals surface area contributed by atoms with Gasteiger partial charge in [-0.2, -0.15) is 4.98 Å². The van der Waals surface area contributed by atoms with Crippen molar-refractivity contribution in [2.24, 2.45) is 0 Å². The Morgan fingerprint density at radius 2 is 1.95 bits per heavy atom. The maximum Gasteiger partial charge on any atom is 0.253 e. The molecule has 3 aromatic heterocycles. The monoisotopic (exact) mass is 330 g/mol. The van der Waals surface area contributed by atoms with Crippen LogP contribution in [0.25, 0.3) is 17.9 Å². The molecule has 7 heteroatoms. The quantitative estimate of drug-likeness (QED) is 0.721. The van der Waals surface area contributed by atoms with E-state index in [1.165, 1.54) is 0 Å². The molecule has 0 saturated heterocycles. The molecule has 100 valence electrons. The summed E-state index contributed by atoms with van der Waals surface area (Å²) in [7, 11) is 0. The van der Waals surface area contributed by atoms with Crippen molar-refractivity contribution in [3.63, 3.8) is 0 Å². The van der Waals surface area contributed by atoms with Crippen LogP contribution in [-0.2, 0) is 0 Å². The fourth-order valence-electron chi connectivity index (χ4n) is 1.85. The number of aryl methyl sites for hydroxylation is 2. The molecular weight excluding hydrogens is 320 g/mol. The summed E-state index contributed by atoms with van der Waals surface area (Å²) in [6.45, 7) is 3.91. The zero-order valence-corrected chi connectivity index (χ0v) is 12.5. The molecule has 3 heterocycles. The van der Waals surface area contributed by atoms with Gasteiger partial charge in [0, 0.05) is 11.4 Å². The van der Waals surface area contributed by atoms with Gasteiger partial charge < -0.3 is 0 Å². The maximum atomic E-state index is 4.39. The zero-order valence-electron chi connectivity index (χ0n) is 10.9. The Labute approximate surface area is 123 Å². The lowest BCUT2D eigenvalue weighted by Gasteiger charge is -1.97. The van der Waals surface area contributed by atoms with Crippen molar-refractivity contribution >= 4 is 33.9 Å². The number of aromatic nitrogens is 6. The Morgan fingerprint density at radius 3 is 2.75 bits per heavy atom. The number of halogens is 1. The van der Waals surface area contributed by atoms with Gasteiger partial charge in [0.1, 0.15) is 4.60 Å². The van der Waals surface area contributed by atoms with E-state index in [0.717, 1.165) is 17.1 Å². The summed E-state index contributed by atoms with van der Waals surface area (Å²) in [4.78, 5) is 17.0. The Bertz CT molecular complexity index is 808. The van der Waals surface area contributed by atoms with E-state index in [-0.39, 0.29) is 0 Å². The highest BCUT2D eigenvalue weighted by Crippen LogP contribution is 2.09. The van der Waals surface area contributed by atoms with Gasteiger partial charge in [-0.25, -0.2) is 14.5 Å². The largest absolute Gasteiger partial charge is 0.260 e. The molecule has 0 radical (unpaired) electrons. The van der Waals surface area contributed by atoms with E-state index in [0.29, 0.717) is 16.2 Å². The first-order valence-corrected chi connectivity index (χ1v) is 6.78. The van der Waals surface area contributed by atoms with Crippen molar-refractivity contribution in [2.45, 2.75) is 13.8 Å². The van der Waals surface area contributed by atoms with Gasteiger partial charge in [0.05, 0.1) is 18.1 Å². The molecule has 0 bridgehead atoms. The molecule has 3 rings (SSSR count). The lowest BCUT2D eigenvalue weighted by atomic mass is 10.4. The third-order valence-electron chi connectivity index (χ3n) is 2.66. The minimum atomic E-state index is 0.591. The van der Waals surface area contributed by atoms with Gasteiger partial charge in [0.2, 0.25) is 0 Å². The summed E-state index contributed by atoms with van der Waals surface area (Å²) >= 11 is 3.28. The van der Waals surface area contributed by atoms with Gasteiger partial charge in [0.25, 0.3) is 5.78 Å². The fourth-order valence-corrected chi connectivity index (χ4v) is 2.17. The van der Waals surface area contributed by atoms with E-state index in [2.05, 4.69) is 41.0 Å². The van der Waals surface area contributed by atoms with Crippen molar-refractivity contribution in [3.05, 3.63) is 46.0 Å². The summed E-state index contributed by atoms with van der Waals surface area (Å²) in [5.74, 6) is 1.19. The molecule has 0 aromatic carbocycles. The Morgan fingerprint density at radius 1 is 1.10 bits per heavy atom. The molecule has 0 saturated carbocycles. The summed E-state index contributed by atoms with van der Waals surface area (Å²) in [5, 5.41) is 4.39. The van der Waals surface area contributed by atoms with Crippen molar-refractivity contribution in [2.75, 3.05) is 0 Å². The first kappa shape index (κ1) is 12.9. The molecule has 0 amide bonds. The predicted molar refractivity (Wildman–Crippen MR) is 78.9 cm³/mol. The van der Waals surface area contributed by atoms with E-state index < -0.39 is 0 Å². The molecule has 0 aliphatic carbocycles. The van der Waals surface area contributed by atoms with Crippen LogP contribution in [0.2, 0.25) is 0 Å². The Hall–Kier alpha value is -2.15. The molecule has 0 fully saturated rings. The van der Waals surface area contributed by atoms with Crippen molar-refractivity contribution in [3.8, 4) is 0 Å². The molecule has 0 N–H and O–H groups in total. The van der Waals surface area contributed by atoms with E-state index in [9.17, 15) is 0 Å². The van der Waals surface area contributed by atoms with E-state index in [1.54, 1.807) is 23.0 Å². The minimum absolute atomic E-state index is 0.591. The first-order valence-electron chi connectivity index (χ1n) is 5.98. The summed E-state index contributed by atoms with van der Waals surface area (Å²) < 4.78 is 2.41. The van der Waals surface area contributed by atoms with Crippen LogP contribution in [0.1, 0.15) is 22.9 Å². The van der Waals surface area contributed by atoms with Crippen LogP contribution in [0.3, 0.4) is 0 Å². The van der Waals surface area contributed by atoms with Crippen molar-refractivity contribution in [1.82, 2.24) is 29.5 Å². The van der Waals surface area contributed by atoms with Crippen LogP contribution < -0.4 is 0 Å². The fraction of sp³-hybridized carbons (Fsp3) is 0.154. The molecule has 20 heavy (non-hydrogen) atoms. The molecule has 0 aliphatic rings. The number of hydrogen-bond acceptors (Lipinski definition) is 5. The third-order valence-corrected chi connectivity index (χ3v) is 3.04. The average molecular weight is 331 g/mol. The SMILES string of the molecule is Cc1cc(C)n2nc(C=Cc3cncc(Br)n3)nc2n1. The second-order valence-corrected chi connectivity index (χ2v) is 5.13. The van der Waals surface area contributed by atoms with Crippen LogP contribution >= 0.6 is 15.9 Å². The second-order valence-electron chi connectivity index (χ2n) is 4.32. The minimum Gasteiger partial charge on any atom is -0.260 e. The van der Waals surface area contributed by atoms with Crippen LogP contribution in [0.15, 0.2) is 23.1 Å². The van der Waals surface area contributed by atoms with Gasteiger partial charge in [0.15, 0.2) is 5.82 Å². The van der Waals surface area contributed by atoms with Gasteiger partial charge in [-0.15, -0.1) is 5.10 Å². The van der Waals surface area contributed by atoms with Gasteiger partial charge in [-0.3, -0.25) is 4.98 Å². The van der Waals surface area contributed by atoms with Crippen molar-refractivity contribution < 1.29 is 0 Å². The van der Waals surface area contributed by atoms with Gasteiger partial charge >= 0.3 is 0 Å². The highest BCUT2D eigenvalue weighted by atomic mass is 79.9. The molecule has 3 aromatic rings. The number of nitrogens with zero attached hydrogens (tertiary/aromatic N) is 6. The standard InChI is InChI=1S/C13H11BrN6/c1-8-5-9(2)20-13(16-8)18-12(19-20)4-3-10-6-15-7-11(14)17-10/h3-7H,1-2H3. The topological polar surface area (TPSA) is 68.9 Å². The molecule has 6 nitrogen and oxygen atoms in total. The number of rotatable bonds is 2.